The van der Waals surface area contributed by atoms with E-state index in [1.54, 1.807) is 0 Å². The van der Waals surface area contributed by atoms with E-state index in [0.29, 0.717) is 12.1 Å². The molecular weight excluding hydrogens is 409 g/mol. The molecule has 0 saturated heterocycles. The standard InChI is InChI=1S/C10H5F6IO3/c11-9(12,13)7(18)17(20,8(19)10(14,15)16)6-4-2-1-3-5-6/h1-5H. The van der Waals surface area contributed by atoms with Crippen molar-refractivity contribution in [1.82, 2.24) is 0 Å². The van der Waals surface area contributed by atoms with E-state index in [-0.39, 0.29) is 0 Å². The summed E-state index contributed by atoms with van der Waals surface area (Å²) in [6.45, 7) is 0. The third-order valence-corrected chi connectivity index (χ3v) is 8.43. The molecule has 0 saturated carbocycles. The average Bonchev–Trinajstić information content (AvgIpc) is 2.35. The molecule has 0 aromatic heterocycles. The van der Waals surface area contributed by atoms with Gasteiger partial charge in [0.2, 0.25) is 0 Å². The van der Waals surface area contributed by atoms with Gasteiger partial charge in [-0.1, -0.05) is 0 Å². The zero-order valence-corrected chi connectivity index (χ0v) is 11.4. The molecule has 0 N–H and O–H groups in total. The summed E-state index contributed by atoms with van der Waals surface area (Å²) < 4.78 is 78.9. The van der Waals surface area contributed by atoms with Crippen LogP contribution in [0.25, 0.3) is 0 Å². The molecule has 0 atom stereocenters. The van der Waals surface area contributed by atoms with E-state index >= 15 is 0 Å². The van der Waals surface area contributed by atoms with Gasteiger partial charge in [0, 0.05) is 0 Å². The molecule has 0 radical (unpaired) electrons. The van der Waals surface area contributed by atoms with E-state index in [4.69, 9.17) is 0 Å². The summed E-state index contributed by atoms with van der Waals surface area (Å²) in [5.74, 6) is 0. The molecule has 1 aromatic carbocycles. The van der Waals surface area contributed by atoms with Gasteiger partial charge in [-0.05, 0) is 0 Å². The van der Waals surface area contributed by atoms with Crippen LogP contribution in [0.5, 0.6) is 0 Å². The summed E-state index contributed by atoms with van der Waals surface area (Å²) in [7, 11) is 0. The van der Waals surface area contributed by atoms with Crippen molar-refractivity contribution in [3.63, 3.8) is 0 Å². The summed E-state index contributed by atoms with van der Waals surface area (Å²) in [6.07, 6.45) is -11.6. The molecular formula is C10H5F6IO3. The van der Waals surface area contributed by atoms with Crippen molar-refractivity contribution in [2.45, 2.75) is 12.4 Å². The zero-order chi connectivity index (χ0) is 15.8. The van der Waals surface area contributed by atoms with Gasteiger partial charge in [-0.15, -0.1) is 0 Å². The van der Waals surface area contributed by atoms with E-state index in [2.05, 4.69) is 0 Å². The summed E-state index contributed by atoms with van der Waals surface area (Å²) >= 11 is -6.91. The molecule has 0 aliphatic rings. The fourth-order valence-electron chi connectivity index (χ4n) is 1.17. The topological polar surface area (TPSA) is 51.2 Å². The maximum absolute atomic E-state index is 12.4. The molecule has 3 nitrogen and oxygen atoms in total. The molecule has 0 aliphatic carbocycles. The molecule has 20 heavy (non-hydrogen) atoms. The van der Waals surface area contributed by atoms with Crippen LogP contribution >= 0.6 is 18.4 Å². The van der Waals surface area contributed by atoms with Gasteiger partial charge in [0.05, 0.1) is 0 Å². The van der Waals surface area contributed by atoms with Crippen molar-refractivity contribution in [3.05, 3.63) is 33.9 Å². The molecule has 0 unspecified atom stereocenters. The Kier molecular flexibility index (Phi) is 4.36. The zero-order valence-electron chi connectivity index (χ0n) is 9.26. The van der Waals surface area contributed by atoms with Gasteiger partial charge in [0.15, 0.2) is 0 Å². The first-order valence-corrected chi connectivity index (χ1v) is 8.79. The van der Waals surface area contributed by atoms with Crippen molar-refractivity contribution >= 4 is 26.0 Å². The van der Waals surface area contributed by atoms with Gasteiger partial charge in [0.25, 0.3) is 0 Å². The number of benzene rings is 1. The molecule has 0 aliphatic heterocycles. The first-order chi connectivity index (χ1) is 8.91. The van der Waals surface area contributed by atoms with Crippen LogP contribution in [0.3, 0.4) is 0 Å². The monoisotopic (exact) mass is 414 g/mol. The molecule has 0 amide bonds. The number of alkyl halides is 6. The number of hydrogen-bond donors (Lipinski definition) is 0. The van der Waals surface area contributed by atoms with Gasteiger partial charge < -0.3 is 0 Å². The number of carbonyl (C=O) groups is 2. The molecule has 1 aromatic rings. The second-order valence-electron chi connectivity index (χ2n) is 3.35. The van der Waals surface area contributed by atoms with Crippen LogP contribution in [0, 0.1) is 3.57 Å². The number of hydrogen-bond acceptors (Lipinski definition) is 3. The SMILES string of the molecule is O=C(C(F)(F)F)I(=O)(C(=O)C(F)(F)F)c1ccccc1. The van der Waals surface area contributed by atoms with Crippen LogP contribution in [0.4, 0.5) is 26.3 Å². The van der Waals surface area contributed by atoms with E-state index in [1.807, 2.05) is 0 Å². The van der Waals surface area contributed by atoms with E-state index < -0.39 is 41.9 Å². The predicted octanol–water partition coefficient (Wildman–Crippen LogP) is 3.42. The Morgan fingerprint density at radius 1 is 0.800 bits per heavy atom. The van der Waals surface area contributed by atoms with E-state index in [1.165, 1.54) is 6.07 Å². The fraction of sp³-hybridized carbons (Fsp3) is 0.200. The Morgan fingerprint density at radius 2 is 1.15 bits per heavy atom. The molecule has 0 bridgehead atoms. The first kappa shape index (κ1) is 16.7. The van der Waals surface area contributed by atoms with Gasteiger partial charge >= 0.3 is 111 Å². The van der Waals surface area contributed by atoms with Crippen molar-refractivity contribution < 1.29 is 39.0 Å². The Morgan fingerprint density at radius 3 is 1.45 bits per heavy atom. The van der Waals surface area contributed by atoms with E-state index in [0.717, 1.165) is 12.1 Å². The average molecular weight is 414 g/mol. The van der Waals surface area contributed by atoms with Crippen LogP contribution < -0.4 is 0 Å². The Balaban J connectivity index is 3.56. The number of rotatable bonds is 3. The molecule has 0 fully saturated rings. The normalized spacial score (nSPS) is 13.9. The molecule has 112 valence electrons. The maximum atomic E-state index is 12.4. The molecule has 0 spiro atoms. The molecule has 1 rings (SSSR count). The van der Waals surface area contributed by atoms with Crippen molar-refractivity contribution in [2.75, 3.05) is 0 Å². The van der Waals surface area contributed by atoms with Gasteiger partial charge in [-0.3, -0.25) is 0 Å². The van der Waals surface area contributed by atoms with Crippen LogP contribution in [0.2, 0.25) is 0 Å². The Bertz CT molecular complexity index is 545. The molecule has 10 heteroatoms. The second-order valence-corrected chi connectivity index (χ2v) is 9.50. The van der Waals surface area contributed by atoms with Gasteiger partial charge in [-0.2, -0.15) is 0 Å². The fourth-order valence-corrected chi connectivity index (χ4v) is 5.90. The molecule has 0 heterocycles. The first-order valence-electron chi connectivity index (χ1n) is 4.67. The van der Waals surface area contributed by atoms with Crippen molar-refractivity contribution in [3.8, 4) is 0 Å². The minimum atomic E-state index is -6.91. The summed E-state index contributed by atoms with van der Waals surface area (Å²) in [4.78, 5) is 22.2. The van der Waals surface area contributed by atoms with Crippen LogP contribution in [0.1, 0.15) is 0 Å². The van der Waals surface area contributed by atoms with Crippen LogP contribution in [-0.4, -0.2) is 19.9 Å². The Labute approximate surface area is 111 Å². The summed E-state index contributed by atoms with van der Waals surface area (Å²) in [6, 6.07) is 4.46. The second kappa shape index (κ2) is 5.22. The van der Waals surface area contributed by atoms with E-state index in [9.17, 15) is 39.0 Å². The van der Waals surface area contributed by atoms with Gasteiger partial charge in [0.1, 0.15) is 0 Å². The predicted molar refractivity (Wildman–Crippen MR) is 62.0 cm³/mol. The minimum absolute atomic E-state index is 0.636. The van der Waals surface area contributed by atoms with Gasteiger partial charge in [-0.25, -0.2) is 0 Å². The summed E-state index contributed by atoms with van der Waals surface area (Å²) in [5, 5.41) is 0. The number of carbonyl (C=O) groups excluding carboxylic acids is 2. The quantitative estimate of drug-likeness (QED) is 0.433. The summed E-state index contributed by atoms with van der Waals surface area (Å²) in [5.41, 5.74) is 0. The number of halogens is 7. The van der Waals surface area contributed by atoms with Crippen LogP contribution in [-0.2, 0) is 12.7 Å². The third-order valence-electron chi connectivity index (χ3n) is 1.97. The third kappa shape index (κ3) is 3.04. The van der Waals surface area contributed by atoms with Crippen molar-refractivity contribution in [1.29, 1.82) is 0 Å². The Hall–Kier alpha value is -1.33. The van der Waals surface area contributed by atoms with Crippen molar-refractivity contribution in [2.24, 2.45) is 0 Å². The van der Waals surface area contributed by atoms with Crippen LogP contribution in [0.15, 0.2) is 30.3 Å².